The monoisotopic (exact) mass is 312 g/mol. The number of benzene rings is 1. The Hall–Kier alpha value is -2.27. The quantitative estimate of drug-likeness (QED) is 0.528. The van der Waals surface area contributed by atoms with Gasteiger partial charge >= 0.3 is 0 Å². The summed E-state index contributed by atoms with van der Waals surface area (Å²) in [5, 5.41) is 0.866. The van der Waals surface area contributed by atoms with Crippen LogP contribution in [0, 0.1) is 5.92 Å². The standard InChI is InChI=1S/C18H20N2O3/c19-20(17(22)10-12-6-2-1-3-7-12)15-11-16(21)13-8-4-5-9-14(13)18(15)23/h4-5,8-9,11-12H,1-3,6-7,10,19H2. The summed E-state index contributed by atoms with van der Waals surface area (Å²) >= 11 is 0. The van der Waals surface area contributed by atoms with Gasteiger partial charge in [-0.25, -0.2) is 10.9 Å². The lowest BCUT2D eigenvalue weighted by Gasteiger charge is -2.26. The zero-order chi connectivity index (χ0) is 16.4. The fourth-order valence-corrected chi connectivity index (χ4v) is 3.35. The van der Waals surface area contributed by atoms with E-state index in [2.05, 4.69) is 0 Å². The van der Waals surface area contributed by atoms with Gasteiger partial charge in [-0.05, 0) is 18.8 Å². The zero-order valence-electron chi connectivity index (χ0n) is 13.0. The lowest BCUT2D eigenvalue weighted by atomic mass is 9.86. The molecule has 5 heteroatoms. The predicted octanol–water partition coefficient (Wildman–Crippen LogP) is 2.62. The number of Topliss-reactive ketones (excluding diaryl/α,β-unsaturated/α-hetero) is 1. The summed E-state index contributed by atoms with van der Waals surface area (Å²) in [6, 6.07) is 6.59. The van der Waals surface area contributed by atoms with E-state index >= 15 is 0 Å². The van der Waals surface area contributed by atoms with Gasteiger partial charge in [0, 0.05) is 23.6 Å². The molecular weight excluding hydrogens is 292 g/mol. The van der Waals surface area contributed by atoms with Crippen molar-refractivity contribution in [1.82, 2.24) is 5.01 Å². The number of amides is 1. The van der Waals surface area contributed by atoms with E-state index in [-0.39, 0.29) is 23.2 Å². The van der Waals surface area contributed by atoms with Crippen molar-refractivity contribution < 1.29 is 14.4 Å². The van der Waals surface area contributed by atoms with Crippen LogP contribution in [0.3, 0.4) is 0 Å². The zero-order valence-corrected chi connectivity index (χ0v) is 13.0. The predicted molar refractivity (Wildman–Crippen MR) is 85.4 cm³/mol. The first-order valence-corrected chi connectivity index (χ1v) is 8.05. The molecule has 0 spiro atoms. The molecule has 0 bridgehead atoms. The topological polar surface area (TPSA) is 80.5 Å². The van der Waals surface area contributed by atoms with Crippen molar-refractivity contribution in [3.8, 4) is 0 Å². The third-order valence-electron chi connectivity index (χ3n) is 4.65. The van der Waals surface area contributed by atoms with Crippen LogP contribution in [-0.2, 0) is 4.79 Å². The molecule has 2 aliphatic carbocycles. The maximum absolute atomic E-state index is 12.5. The van der Waals surface area contributed by atoms with Crippen molar-refractivity contribution in [3.05, 3.63) is 47.2 Å². The van der Waals surface area contributed by atoms with Crippen LogP contribution in [0.15, 0.2) is 36.0 Å². The number of hydrogen-bond acceptors (Lipinski definition) is 4. The van der Waals surface area contributed by atoms with E-state index in [0.29, 0.717) is 23.5 Å². The van der Waals surface area contributed by atoms with Gasteiger partial charge in [-0.15, -0.1) is 0 Å². The van der Waals surface area contributed by atoms with E-state index in [4.69, 9.17) is 5.84 Å². The van der Waals surface area contributed by atoms with E-state index in [1.54, 1.807) is 24.3 Å². The SMILES string of the molecule is NN(C(=O)CC1CCCCC1)C1=CC(=O)c2ccccc2C1=O. The summed E-state index contributed by atoms with van der Waals surface area (Å²) in [5.41, 5.74) is 0.625. The molecule has 0 unspecified atom stereocenters. The number of nitrogens with two attached hydrogens (primary N) is 1. The Morgan fingerprint density at radius 1 is 1.09 bits per heavy atom. The van der Waals surface area contributed by atoms with Crippen LogP contribution in [0.4, 0.5) is 0 Å². The molecule has 3 rings (SSSR count). The van der Waals surface area contributed by atoms with Crippen LogP contribution in [0.5, 0.6) is 0 Å². The smallest absolute Gasteiger partial charge is 0.241 e. The van der Waals surface area contributed by atoms with Gasteiger partial charge in [-0.1, -0.05) is 43.5 Å². The first kappa shape index (κ1) is 15.6. The summed E-state index contributed by atoms with van der Waals surface area (Å²) in [5.74, 6) is 5.21. The molecule has 0 radical (unpaired) electrons. The molecule has 1 aromatic rings. The Kier molecular flexibility index (Phi) is 4.39. The number of carbonyl (C=O) groups is 3. The maximum atomic E-state index is 12.5. The molecule has 1 aromatic carbocycles. The summed E-state index contributed by atoms with van der Waals surface area (Å²) in [6.07, 6.45) is 7.03. The molecule has 23 heavy (non-hydrogen) atoms. The Labute approximate surface area is 135 Å². The molecule has 5 nitrogen and oxygen atoms in total. The number of hydrogen-bond donors (Lipinski definition) is 1. The van der Waals surface area contributed by atoms with Crippen molar-refractivity contribution in [2.45, 2.75) is 38.5 Å². The Morgan fingerprint density at radius 2 is 1.74 bits per heavy atom. The average molecular weight is 312 g/mol. The molecular formula is C18H20N2O3. The van der Waals surface area contributed by atoms with Crippen molar-refractivity contribution in [3.63, 3.8) is 0 Å². The molecule has 0 aromatic heterocycles. The van der Waals surface area contributed by atoms with Crippen LogP contribution < -0.4 is 5.84 Å². The van der Waals surface area contributed by atoms with Crippen molar-refractivity contribution >= 4 is 17.5 Å². The molecule has 1 saturated carbocycles. The van der Waals surface area contributed by atoms with Crippen LogP contribution >= 0.6 is 0 Å². The van der Waals surface area contributed by atoms with Crippen LogP contribution in [0.2, 0.25) is 0 Å². The molecule has 0 aliphatic heterocycles. The van der Waals surface area contributed by atoms with Crippen molar-refractivity contribution in [2.75, 3.05) is 0 Å². The van der Waals surface area contributed by atoms with Crippen LogP contribution in [0.1, 0.15) is 59.2 Å². The van der Waals surface area contributed by atoms with Crippen LogP contribution in [0.25, 0.3) is 0 Å². The second-order valence-corrected chi connectivity index (χ2v) is 6.24. The molecule has 1 amide bonds. The van der Waals surface area contributed by atoms with Crippen molar-refractivity contribution in [1.29, 1.82) is 0 Å². The van der Waals surface area contributed by atoms with E-state index in [1.165, 1.54) is 12.5 Å². The summed E-state index contributed by atoms with van der Waals surface area (Å²) in [7, 11) is 0. The van der Waals surface area contributed by atoms with E-state index < -0.39 is 0 Å². The third kappa shape index (κ3) is 3.10. The van der Waals surface area contributed by atoms with E-state index in [1.807, 2.05) is 0 Å². The molecule has 0 saturated heterocycles. The largest absolute Gasteiger partial charge is 0.289 e. The minimum absolute atomic E-state index is 0.0329. The Balaban J connectivity index is 1.77. The average Bonchev–Trinajstić information content (AvgIpc) is 2.58. The van der Waals surface area contributed by atoms with E-state index in [0.717, 1.165) is 30.7 Å². The number of ketones is 2. The number of carbonyl (C=O) groups excluding carboxylic acids is 3. The number of allylic oxidation sites excluding steroid dienone is 2. The summed E-state index contributed by atoms with van der Waals surface area (Å²) < 4.78 is 0. The minimum Gasteiger partial charge on any atom is -0.289 e. The normalized spacial score (nSPS) is 18.4. The fraction of sp³-hybridized carbons (Fsp3) is 0.389. The number of rotatable bonds is 3. The Bertz CT molecular complexity index is 687. The highest BCUT2D eigenvalue weighted by Gasteiger charge is 2.31. The number of fused-ring (bicyclic) bond motifs is 1. The second kappa shape index (κ2) is 6.46. The third-order valence-corrected chi connectivity index (χ3v) is 4.65. The highest BCUT2D eigenvalue weighted by Crippen LogP contribution is 2.28. The van der Waals surface area contributed by atoms with Crippen molar-refractivity contribution in [2.24, 2.45) is 11.8 Å². The molecule has 2 aliphatic rings. The highest BCUT2D eigenvalue weighted by molar-refractivity contribution is 6.25. The van der Waals surface area contributed by atoms with Gasteiger partial charge < -0.3 is 0 Å². The first-order valence-electron chi connectivity index (χ1n) is 8.05. The highest BCUT2D eigenvalue weighted by atomic mass is 16.2. The van der Waals surface area contributed by atoms with Gasteiger partial charge in [-0.2, -0.15) is 0 Å². The van der Waals surface area contributed by atoms with Gasteiger partial charge in [0.1, 0.15) is 5.70 Å². The fourth-order valence-electron chi connectivity index (χ4n) is 3.35. The van der Waals surface area contributed by atoms with Gasteiger partial charge in [0.25, 0.3) is 0 Å². The van der Waals surface area contributed by atoms with Gasteiger partial charge in [-0.3, -0.25) is 14.4 Å². The summed E-state index contributed by atoms with van der Waals surface area (Å²) in [6.45, 7) is 0. The number of hydrazine groups is 1. The molecule has 0 heterocycles. The molecule has 2 N–H and O–H groups in total. The maximum Gasteiger partial charge on any atom is 0.241 e. The Morgan fingerprint density at radius 3 is 2.43 bits per heavy atom. The molecule has 1 fully saturated rings. The van der Waals surface area contributed by atoms with E-state index in [9.17, 15) is 14.4 Å². The van der Waals surface area contributed by atoms with Gasteiger partial charge in [0.05, 0.1) is 0 Å². The molecule has 120 valence electrons. The first-order chi connectivity index (χ1) is 11.1. The molecule has 0 atom stereocenters. The summed E-state index contributed by atoms with van der Waals surface area (Å²) in [4.78, 5) is 37.0. The van der Waals surface area contributed by atoms with Gasteiger partial charge in [0.15, 0.2) is 5.78 Å². The van der Waals surface area contributed by atoms with Crippen LogP contribution in [-0.4, -0.2) is 22.5 Å². The lowest BCUT2D eigenvalue weighted by Crippen LogP contribution is -2.42. The van der Waals surface area contributed by atoms with Gasteiger partial charge in [0.2, 0.25) is 11.7 Å². The lowest BCUT2D eigenvalue weighted by molar-refractivity contribution is -0.130. The minimum atomic E-state index is -0.375. The number of nitrogens with zero attached hydrogens (tertiary/aromatic N) is 1. The second-order valence-electron chi connectivity index (χ2n) is 6.24.